The van der Waals surface area contributed by atoms with E-state index in [0.717, 1.165) is 32.6 Å². The lowest BCUT2D eigenvalue weighted by atomic mass is 10.1. The van der Waals surface area contributed by atoms with Crippen molar-refractivity contribution in [3.05, 3.63) is 150 Å². The van der Waals surface area contributed by atoms with Crippen LogP contribution >= 0.6 is 0 Å². The maximum atomic E-state index is 12.2. The topological polar surface area (TPSA) is 74.8 Å². The molecule has 0 aliphatic rings. The Morgan fingerprint density at radius 1 is 0.694 bits per heavy atom. The zero-order chi connectivity index (χ0) is 34.6. The Morgan fingerprint density at radius 2 is 1.29 bits per heavy atom. The number of rotatable bonds is 16. The average Bonchev–Trinajstić information content (AvgIpc) is 3.51. The molecule has 0 radical (unpaired) electrons. The molecule has 0 fully saturated rings. The van der Waals surface area contributed by atoms with Gasteiger partial charge in [0.1, 0.15) is 18.9 Å². The Kier molecular flexibility index (Phi) is 12.2. The van der Waals surface area contributed by atoms with Gasteiger partial charge in [-0.3, -0.25) is 9.59 Å². The molecule has 0 aliphatic carbocycles. The quantitative estimate of drug-likeness (QED) is 0.0913. The predicted octanol–water partition coefficient (Wildman–Crippen LogP) is 4.76. The van der Waals surface area contributed by atoms with Crippen molar-refractivity contribution in [2.75, 3.05) is 13.1 Å². The van der Waals surface area contributed by atoms with Crippen LogP contribution in [0.5, 0.6) is 0 Å². The zero-order valence-corrected chi connectivity index (χ0v) is 29.1. The van der Waals surface area contributed by atoms with Crippen molar-refractivity contribution in [2.24, 2.45) is 0 Å². The van der Waals surface area contributed by atoms with Crippen LogP contribution in [-0.4, -0.2) is 29.5 Å². The summed E-state index contributed by atoms with van der Waals surface area (Å²) in [6.07, 6.45) is 16.8. The predicted molar refractivity (Wildman–Crippen MR) is 191 cm³/mol. The van der Waals surface area contributed by atoms with E-state index in [9.17, 15) is 9.59 Å². The molecule has 8 nitrogen and oxygen atoms in total. The minimum Gasteiger partial charge on any atom is -0.356 e. The highest BCUT2D eigenvalue weighted by Gasteiger charge is 2.11. The van der Waals surface area contributed by atoms with Gasteiger partial charge in [-0.1, -0.05) is 42.0 Å². The van der Waals surface area contributed by atoms with Crippen LogP contribution in [0.1, 0.15) is 54.0 Å². The minimum absolute atomic E-state index is 0.0356. The Morgan fingerprint density at radius 3 is 1.92 bits per heavy atom. The van der Waals surface area contributed by atoms with Crippen molar-refractivity contribution >= 4 is 11.8 Å². The standard InChI is InChI=1S/C41H47N6O2/c1-32(2)41(49)43-16-7-15-42-40(48)10-6-17-46-22-23-47(31-46)30-37-26-34(4)25-36(27-37)29-45-20-13-39(14-21-45)38-11-18-44(19-12-38)28-35-9-5-8-33(3)24-35/h5,8-9,11-14,18-27,31H,1,6-7,10,15-17,28-30H2,2-4H3/q+1/p+2. The average molecular weight is 658 g/mol. The molecule has 5 aromatic rings. The smallest absolute Gasteiger partial charge is 0.246 e. The second kappa shape index (κ2) is 17.2. The van der Waals surface area contributed by atoms with Crippen LogP contribution in [0.15, 0.2) is 122 Å². The summed E-state index contributed by atoms with van der Waals surface area (Å²) in [6.45, 7) is 13.9. The van der Waals surface area contributed by atoms with Crippen molar-refractivity contribution in [2.45, 2.75) is 66.2 Å². The lowest BCUT2D eigenvalue weighted by Crippen LogP contribution is -2.34. The lowest BCUT2D eigenvalue weighted by molar-refractivity contribution is -0.689. The van der Waals surface area contributed by atoms with Gasteiger partial charge in [0.05, 0.1) is 6.54 Å². The number of aromatic nitrogens is 4. The van der Waals surface area contributed by atoms with E-state index >= 15 is 0 Å². The molecule has 0 spiro atoms. The van der Waals surface area contributed by atoms with E-state index in [1.54, 1.807) is 6.92 Å². The summed E-state index contributed by atoms with van der Waals surface area (Å²) >= 11 is 0. The van der Waals surface area contributed by atoms with Gasteiger partial charge in [-0.2, -0.15) is 0 Å². The fraction of sp³-hybridized carbons (Fsp3) is 0.293. The number of imidazole rings is 1. The van der Waals surface area contributed by atoms with Gasteiger partial charge in [-0.05, 0) is 68.5 Å². The van der Waals surface area contributed by atoms with Gasteiger partial charge in [0.25, 0.3) is 0 Å². The molecule has 0 saturated carbocycles. The molecule has 2 aromatic carbocycles. The van der Waals surface area contributed by atoms with Crippen LogP contribution in [0, 0.1) is 13.8 Å². The number of nitrogens with one attached hydrogen (secondary N) is 2. The maximum Gasteiger partial charge on any atom is 0.246 e. The van der Waals surface area contributed by atoms with Gasteiger partial charge < -0.3 is 10.6 Å². The highest BCUT2D eigenvalue weighted by atomic mass is 16.2. The highest BCUT2D eigenvalue weighted by molar-refractivity contribution is 5.92. The number of nitrogens with zero attached hydrogens (tertiary/aromatic N) is 4. The van der Waals surface area contributed by atoms with E-state index in [0.29, 0.717) is 31.5 Å². The van der Waals surface area contributed by atoms with E-state index in [1.165, 1.54) is 38.9 Å². The second-order valence-corrected chi connectivity index (χ2v) is 13.0. The largest absolute Gasteiger partial charge is 0.356 e. The summed E-state index contributed by atoms with van der Waals surface area (Å²) in [7, 11) is 0. The first-order valence-electron chi connectivity index (χ1n) is 17.1. The number of amides is 2. The number of pyridine rings is 2. The summed E-state index contributed by atoms with van der Waals surface area (Å²) in [5, 5.41) is 5.70. The van der Waals surface area contributed by atoms with Gasteiger partial charge in [-0.25, -0.2) is 18.3 Å². The molecule has 8 heteroatoms. The first-order chi connectivity index (χ1) is 23.7. The molecule has 0 aliphatic heterocycles. The first kappa shape index (κ1) is 35.0. The van der Waals surface area contributed by atoms with Crippen LogP contribution < -0.4 is 24.3 Å². The fourth-order valence-electron chi connectivity index (χ4n) is 5.93. The molecule has 0 unspecified atom stereocenters. The number of carbonyl (C=O) groups excluding carboxylic acids is 2. The van der Waals surface area contributed by atoms with Crippen LogP contribution in [0.25, 0.3) is 11.1 Å². The van der Waals surface area contributed by atoms with Crippen molar-refractivity contribution < 1.29 is 23.3 Å². The highest BCUT2D eigenvalue weighted by Crippen LogP contribution is 2.16. The molecular weight excluding hydrogens is 608 g/mol. The summed E-state index contributed by atoms with van der Waals surface area (Å²) in [5.41, 5.74) is 9.27. The van der Waals surface area contributed by atoms with Gasteiger partial charge >= 0.3 is 0 Å². The third-order valence-corrected chi connectivity index (χ3v) is 8.41. The van der Waals surface area contributed by atoms with E-state index in [4.69, 9.17) is 0 Å². The van der Waals surface area contributed by atoms with E-state index in [1.807, 2.05) is 0 Å². The Balaban J connectivity index is 1.07. The van der Waals surface area contributed by atoms with Gasteiger partial charge in [-0.15, -0.1) is 0 Å². The van der Waals surface area contributed by atoms with E-state index in [2.05, 4.69) is 160 Å². The molecular formula is C41H49N6O2+3. The molecule has 49 heavy (non-hydrogen) atoms. The Bertz CT molecular complexity index is 1880. The Hall–Kier alpha value is -5.37. The zero-order valence-electron chi connectivity index (χ0n) is 29.1. The summed E-state index contributed by atoms with van der Waals surface area (Å²) in [5.74, 6) is -0.112. The SMILES string of the molecule is C=C(C)C(=O)NCCCNC(=O)CCCn1cc[n+](Cc2cc(C)cc(C[n+]3ccc(-c4cc[n+](Cc5cccc(C)c5)cc4)cc3)c2)c1. The Labute approximate surface area is 290 Å². The normalized spacial score (nSPS) is 10.9. The minimum atomic E-state index is -0.148. The van der Waals surface area contributed by atoms with Crippen LogP contribution in [0.2, 0.25) is 0 Å². The fourth-order valence-corrected chi connectivity index (χ4v) is 5.93. The summed E-state index contributed by atoms with van der Waals surface area (Å²) < 4.78 is 8.76. The van der Waals surface area contributed by atoms with E-state index in [-0.39, 0.29) is 11.8 Å². The van der Waals surface area contributed by atoms with Gasteiger partial charge in [0.2, 0.25) is 18.1 Å². The van der Waals surface area contributed by atoms with Crippen molar-refractivity contribution in [1.29, 1.82) is 0 Å². The van der Waals surface area contributed by atoms with Crippen molar-refractivity contribution in [3.63, 3.8) is 0 Å². The van der Waals surface area contributed by atoms with Gasteiger partial charge in [0.15, 0.2) is 37.9 Å². The summed E-state index contributed by atoms with van der Waals surface area (Å²) in [4.78, 5) is 23.7. The number of aryl methyl sites for hydroxylation is 3. The number of carbonyl (C=O) groups is 2. The molecule has 0 bridgehead atoms. The van der Waals surface area contributed by atoms with Crippen molar-refractivity contribution in [1.82, 2.24) is 15.2 Å². The number of hydrogen-bond donors (Lipinski definition) is 2. The van der Waals surface area contributed by atoms with Crippen LogP contribution in [0.3, 0.4) is 0 Å². The molecule has 3 aromatic heterocycles. The number of benzene rings is 2. The third kappa shape index (κ3) is 11.1. The molecule has 252 valence electrons. The van der Waals surface area contributed by atoms with Crippen LogP contribution in [-0.2, 0) is 35.8 Å². The van der Waals surface area contributed by atoms with E-state index < -0.39 is 0 Å². The number of hydrogen-bond acceptors (Lipinski definition) is 2. The molecule has 2 amide bonds. The van der Waals surface area contributed by atoms with Crippen LogP contribution in [0.4, 0.5) is 0 Å². The van der Waals surface area contributed by atoms with Crippen molar-refractivity contribution in [3.8, 4) is 11.1 Å². The molecule has 3 heterocycles. The molecule has 2 N–H and O–H groups in total. The monoisotopic (exact) mass is 657 g/mol. The summed E-state index contributed by atoms with van der Waals surface area (Å²) in [6, 6.07) is 24.2. The first-order valence-corrected chi connectivity index (χ1v) is 17.1. The third-order valence-electron chi connectivity index (χ3n) is 8.41. The molecule has 5 rings (SSSR count). The second-order valence-electron chi connectivity index (χ2n) is 13.0. The molecule has 0 saturated heterocycles. The van der Waals surface area contributed by atoms with Gasteiger partial charge in [0, 0.05) is 60.5 Å². The molecule has 0 atom stereocenters. The maximum absolute atomic E-state index is 12.2. The lowest BCUT2D eigenvalue weighted by Gasteiger charge is -2.06.